The van der Waals surface area contributed by atoms with Gasteiger partial charge >= 0.3 is 0 Å². The van der Waals surface area contributed by atoms with Crippen LogP contribution in [0.5, 0.6) is 0 Å². The Labute approximate surface area is 162 Å². The average molecular weight is 376 g/mol. The molecule has 0 aliphatic rings. The fourth-order valence-corrected chi connectivity index (χ4v) is 2.85. The normalized spacial score (nSPS) is 10.4. The summed E-state index contributed by atoms with van der Waals surface area (Å²) in [7, 11) is 0. The van der Waals surface area contributed by atoms with E-state index in [1.807, 2.05) is 24.3 Å². The van der Waals surface area contributed by atoms with Gasteiger partial charge in [0, 0.05) is 36.8 Å². The minimum absolute atomic E-state index is 0.141. The number of aromatic nitrogens is 1. The van der Waals surface area contributed by atoms with E-state index in [-0.39, 0.29) is 24.3 Å². The van der Waals surface area contributed by atoms with Crippen molar-refractivity contribution in [3.63, 3.8) is 0 Å². The lowest BCUT2D eigenvalue weighted by Gasteiger charge is -2.21. The van der Waals surface area contributed by atoms with Gasteiger partial charge in [0.2, 0.25) is 17.7 Å². The second-order valence-corrected chi connectivity index (χ2v) is 6.26. The quantitative estimate of drug-likeness (QED) is 0.715. The lowest BCUT2D eigenvalue weighted by Crippen LogP contribution is -2.36. The van der Waals surface area contributed by atoms with Crippen molar-refractivity contribution in [3.8, 4) is 0 Å². The first-order valence-corrected chi connectivity index (χ1v) is 8.73. The predicted molar refractivity (Wildman–Crippen MR) is 109 cm³/mol. The zero-order valence-corrected chi connectivity index (χ0v) is 15.6. The van der Waals surface area contributed by atoms with Crippen LogP contribution in [0, 0.1) is 0 Å². The minimum atomic E-state index is -0.334. The van der Waals surface area contributed by atoms with Gasteiger partial charge in [0.15, 0.2) is 0 Å². The molecule has 1 heterocycles. The van der Waals surface area contributed by atoms with E-state index in [0.29, 0.717) is 22.6 Å². The van der Waals surface area contributed by atoms with Gasteiger partial charge in [-0.3, -0.25) is 19.4 Å². The third kappa shape index (κ3) is 4.50. The number of fused-ring (bicyclic) bond motifs is 1. The van der Waals surface area contributed by atoms with E-state index < -0.39 is 0 Å². The first kappa shape index (κ1) is 19.0. The second kappa shape index (κ2) is 8.30. The molecule has 3 rings (SSSR count). The fraction of sp³-hybridized carbons (Fsp3) is 0.143. The van der Waals surface area contributed by atoms with E-state index in [9.17, 15) is 14.4 Å². The number of para-hydroxylation sites is 1. The highest BCUT2D eigenvalue weighted by molar-refractivity contribution is 6.05. The van der Waals surface area contributed by atoms with E-state index in [0.717, 1.165) is 5.39 Å². The third-order valence-corrected chi connectivity index (χ3v) is 4.09. The fourth-order valence-electron chi connectivity index (χ4n) is 2.85. The molecule has 142 valence electrons. The van der Waals surface area contributed by atoms with Crippen molar-refractivity contribution in [2.75, 3.05) is 22.1 Å². The molecule has 0 fully saturated rings. The van der Waals surface area contributed by atoms with Crippen molar-refractivity contribution >= 4 is 45.7 Å². The van der Waals surface area contributed by atoms with Crippen molar-refractivity contribution in [2.24, 2.45) is 0 Å². The number of carbonyl (C=O) groups excluding carboxylic acids is 3. The van der Waals surface area contributed by atoms with Gasteiger partial charge < -0.3 is 15.5 Å². The number of hydrogen-bond acceptors (Lipinski definition) is 4. The van der Waals surface area contributed by atoms with Crippen LogP contribution in [-0.4, -0.2) is 29.3 Å². The van der Waals surface area contributed by atoms with Crippen molar-refractivity contribution < 1.29 is 14.4 Å². The number of nitrogens with zero attached hydrogens (tertiary/aromatic N) is 2. The second-order valence-electron chi connectivity index (χ2n) is 6.26. The molecular formula is C21H20N4O3. The molecule has 3 aromatic rings. The molecule has 3 amide bonds. The minimum Gasteiger partial charge on any atom is -0.326 e. The zero-order chi connectivity index (χ0) is 20.1. The van der Waals surface area contributed by atoms with Crippen LogP contribution in [0.15, 0.2) is 60.8 Å². The average Bonchev–Trinajstić information content (AvgIpc) is 2.66. The summed E-state index contributed by atoms with van der Waals surface area (Å²) < 4.78 is 0. The Morgan fingerprint density at radius 3 is 2.32 bits per heavy atom. The highest BCUT2D eigenvalue weighted by Gasteiger charge is 2.17. The molecule has 0 atom stereocenters. The van der Waals surface area contributed by atoms with Gasteiger partial charge in [0.25, 0.3) is 0 Å². The summed E-state index contributed by atoms with van der Waals surface area (Å²) in [5, 5.41) is 6.40. The maximum Gasteiger partial charge on any atom is 0.244 e. The molecule has 0 saturated heterocycles. The maximum absolute atomic E-state index is 12.6. The smallest absolute Gasteiger partial charge is 0.244 e. The van der Waals surface area contributed by atoms with Crippen LogP contribution >= 0.6 is 0 Å². The number of nitrogens with one attached hydrogen (secondary N) is 2. The summed E-state index contributed by atoms with van der Waals surface area (Å²) in [6, 6.07) is 16.0. The SMILES string of the molecule is CC(=O)Nc1ccc(N(CC(=O)Nc2cccc3cccnc23)C(C)=O)cc1. The van der Waals surface area contributed by atoms with Gasteiger partial charge in [-0.1, -0.05) is 18.2 Å². The van der Waals surface area contributed by atoms with Crippen LogP contribution in [0.1, 0.15) is 13.8 Å². The third-order valence-electron chi connectivity index (χ3n) is 4.09. The molecule has 2 aromatic carbocycles. The number of rotatable bonds is 5. The Balaban J connectivity index is 1.76. The lowest BCUT2D eigenvalue weighted by molar-refractivity contribution is -0.120. The van der Waals surface area contributed by atoms with E-state index in [4.69, 9.17) is 0 Å². The van der Waals surface area contributed by atoms with Gasteiger partial charge in [-0.2, -0.15) is 0 Å². The first-order valence-electron chi connectivity index (χ1n) is 8.73. The molecule has 0 radical (unpaired) electrons. The number of carbonyl (C=O) groups is 3. The molecule has 0 aliphatic heterocycles. The number of pyridine rings is 1. The van der Waals surface area contributed by atoms with Gasteiger partial charge in [-0.05, 0) is 36.4 Å². The zero-order valence-electron chi connectivity index (χ0n) is 15.6. The Morgan fingerprint density at radius 2 is 1.64 bits per heavy atom. The van der Waals surface area contributed by atoms with E-state index in [1.165, 1.54) is 18.7 Å². The Kier molecular flexibility index (Phi) is 5.64. The molecule has 1 aromatic heterocycles. The number of hydrogen-bond donors (Lipinski definition) is 2. The monoisotopic (exact) mass is 376 g/mol. The highest BCUT2D eigenvalue weighted by atomic mass is 16.2. The topological polar surface area (TPSA) is 91.4 Å². The molecule has 2 N–H and O–H groups in total. The van der Waals surface area contributed by atoms with Crippen molar-refractivity contribution in [1.82, 2.24) is 4.98 Å². The Bertz CT molecular complexity index is 1030. The Hall–Kier alpha value is -3.74. The summed E-state index contributed by atoms with van der Waals surface area (Å²) in [6.07, 6.45) is 1.66. The summed E-state index contributed by atoms with van der Waals surface area (Å²) >= 11 is 0. The standard InChI is InChI=1S/C21H20N4O3/c1-14(26)23-17-8-10-18(11-9-17)25(15(2)27)13-20(28)24-19-7-3-5-16-6-4-12-22-21(16)19/h3-12H,13H2,1-2H3,(H,23,26)(H,24,28). The van der Waals surface area contributed by atoms with Crippen molar-refractivity contribution in [2.45, 2.75) is 13.8 Å². The predicted octanol–water partition coefficient (Wildman–Crippen LogP) is 3.18. The van der Waals surface area contributed by atoms with E-state index in [2.05, 4.69) is 15.6 Å². The summed E-state index contributed by atoms with van der Waals surface area (Å²) in [4.78, 5) is 41.4. The largest absolute Gasteiger partial charge is 0.326 e. The molecule has 0 bridgehead atoms. The van der Waals surface area contributed by atoms with Gasteiger partial charge in [-0.15, -0.1) is 0 Å². The van der Waals surface area contributed by atoms with E-state index >= 15 is 0 Å². The van der Waals surface area contributed by atoms with Crippen LogP contribution in [0.4, 0.5) is 17.1 Å². The van der Waals surface area contributed by atoms with Crippen LogP contribution in [0.25, 0.3) is 10.9 Å². The van der Waals surface area contributed by atoms with Crippen LogP contribution in [-0.2, 0) is 14.4 Å². The van der Waals surface area contributed by atoms with E-state index in [1.54, 1.807) is 36.5 Å². The highest BCUT2D eigenvalue weighted by Crippen LogP contribution is 2.22. The molecule has 28 heavy (non-hydrogen) atoms. The van der Waals surface area contributed by atoms with Crippen LogP contribution < -0.4 is 15.5 Å². The Morgan fingerprint density at radius 1 is 0.929 bits per heavy atom. The van der Waals surface area contributed by atoms with Crippen LogP contribution in [0.3, 0.4) is 0 Å². The number of benzene rings is 2. The molecule has 7 heteroatoms. The van der Waals surface area contributed by atoms with Gasteiger partial charge in [0.1, 0.15) is 6.54 Å². The molecule has 0 saturated carbocycles. The molecule has 7 nitrogen and oxygen atoms in total. The van der Waals surface area contributed by atoms with Crippen LogP contribution in [0.2, 0.25) is 0 Å². The van der Waals surface area contributed by atoms with Crippen molar-refractivity contribution in [1.29, 1.82) is 0 Å². The maximum atomic E-state index is 12.6. The number of amides is 3. The molecule has 0 aliphatic carbocycles. The van der Waals surface area contributed by atoms with Gasteiger partial charge in [-0.25, -0.2) is 0 Å². The molecule has 0 unspecified atom stereocenters. The number of anilines is 3. The summed E-state index contributed by atoms with van der Waals surface area (Å²) in [5.74, 6) is -0.781. The summed E-state index contributed by atoms with van der Waals surface area (Å²) in [6.45, 7) is 2.68. The summed E-state index contributed by atoms with van der Waals surface area (Å²) in [5.41, 5.74) is 2.46. The first-order chi connectivity index (χ1) is 13.4. The molecular weight excluding hydrogens is 356 g/mol. The van der Waals surface area contributed by atoms with Crippen molar-refractivity contribution in [3.05, 3.63) is 60.8 Å². The lowest BCUT2D eigenvalue weighted by atomic mass is 10.2. The molecule has 0 spiro atoms. The van der Waals surface area contributed by atoms with Gasteiger partial charge in [0.05, 0.1) is 11.2 Å².